The van der Waals surface area contributed by atoms with E-state index in [1.165, 1.54) is 24.8 Å². The smallest absolute Gasteiger partial charge is 0.416 e. The fourth-order valence-corrected chi connectivity index (χ4v) is 5.04. The van der Waals surface area contributed by atoms with Crippen molar-refractivity contribution in [2.45, 2.75) is 58.2 Å². The van der Waals surface area contributed by atoms with E-state index >= 15 is 0 Å². The second-order valence-corrected chi connectivity index (χ2v) is 9.58. The first kappa shape index (κ1) is 26.1. The second-order valence-electron chi connectivity index (χ2n) is 9.58. The van der Waals surface area contributed by atoms with Crippen molar-refractivity contribution in [3.63, 3.8) is 0 Å². The van der Waals surface area contributed by atoms with Gasteiger partial charge in [-0.25, -0.2) is 4.98 Å². The minimum Gasteiger partial charge on any atom is -0.475 e. The molecule has 1 aromatic heterocycles. The van der Waals surface area contributed by atoms with Crippen molar-refractivity contribution in [2.75, 3.05) is 26.2 Å². The number of carbonyl (C=O) groups is 1. The van der Waals surface area contributed by atoms with E-state index in [1.54, 1.807) is 19.1 Å². The van der Waals surface area contributed by atoms with Crippen LogP contribution in [0.3, 0.4) is 0 Å². The molecule has 0 spiro atoms. The number of pyridine rings is 1. The van der Waals surface area contributed by atoms with Crippen LogP contribution in [0, 0.1) is 5.92 Å². The highest BCUT2D eigenvalue weighted by molar-refractivity contribution is 6.05. The van der Waals surface area contributed by atoms with Crippen LogP contribution in [0.25, 0.3) is 0 Å². The summed E-state index contributed by atoms with van der Waals surface area (Å²) in [5.74, 6) is -2.48. The van der Waals surface area contributed by atoms with E-state index in [4.69, 9.17) is 9.47 Å². The Morgan fingerprint density at radius 3 is 2.56 bits per heavy atom. The van der Waals surface area contributed by atoms with Crippen molar-refractivity contribution in [1.29, 1.82) is 0 Å². The van der Waals surface area contributed by atoms with Crippen LogP contribution in [0.15, 0.2) is 41.5 Å². The van der Waals surface area contributed by atoms with Crippen LogP contribution in [0.4, 0.5) is 18.9 Å². The molecular weight excluding hydrogens is 471 g/mol. The lowest BCUT2D eigenvalue weighted by Crippen LogP contribution is -2.37. The molecule has 4 rings (SSSR count). The third-order valence-corrected chi connectivity index (χ3v) is 6.62. The molecule has 1 aromatic carbocycles. The molecule has 194 valence electrons. The molecule has 9 heteroatoms. The van der Waals surface area contributed by atoms with Crippen LogP contribution in [0.5, 0.6) is 5.88 Å². The highest BCUT2D eigenvalue weighted by Crippen LogP contribution is 2.49. The number of fused-ring (bicyclic) bond motifs is 1. The van der Waals surface area contributed by atoms with Crippen molar-refractivity contribution in [3.05, 3.63) is 53.2 Å². The molecule has 0 aliphatic carbocycles. The Morgan fingerprint density at radius 2 is 1.86 bits per heavy atom. The number of piperidine rings is 1. The van der Waals surface area contributed by atoms with Crippen molar-refractivity contribution in [3.8, 4) is 5.88 Å². The summed E-state index contributed by atoms with van der Waals surface area (Å²) in [7, 11) is 0. The molecule has 0 saturated carbocycles. The summed E-state index contributed by atoms with van der Waals surface area (Å²) in [4.78, 5) is 24.6. The SMILES string of the molecule is CC1=Nc2ccnc(OC(C)C)c2C(c2ccccc2C(F)(F)F)C1C(=O)OCCN1CCCCC1. The predicted octanol–water partition coefficient (Wildman–Crippen LogP) is 5.77. The minimum atomic E-state index is -4.61. The summed E-state index contributed by atoms with van der Waals surface area (Å²) in [5, 5.41) is 0. The average molecular weight is 504 g/mol. The van der Waals surface area contributed by atoms with E-state index in [1.807, 2.05) is 13.8 Å². The first-order valence-corrected chi connectivity index (χ1v) is 12.4. The topological polar surface area (TPSA) is 64.0 Å². The summed E-state index contributed by atoms with van der Waals surface area (Å²) in [6.45, 7) is 7.96. The van der Waals surface area contributed by atoms with Crippen LogP contribution in [-0.2, 0) is 15.7 Å². The number of aliphatic imine (C=N–C) groups is 1. The number of hydrogen-bond acceptors (Lipinski definition) is 6. The van der Waals surface area contributed by atoms with Gasteiger partial charge in [0.2, 0.25) is 5.88 Å². The zero-order valence-corrected chi connectivity index (χ0v) is 20.8. The van der Waals surface area contributed by atoms with Gasteiger partial charge in [0.05, 0.1) is 17.4 Å². The molecule has 2 aliphatic heterocycles. The van der Waals surface area contributed by atoms with Crippen LogP contribution >= 0.6 is 0 Å². The van der Waals surface area contributed by atoms with Crippen molar-refractivity contribution in [1.82, 2.24) is 9.88 Å². The summed E-state index contributed by atoms with van der Waals surface area (Å²) in [5.41, 5.74) is 0.374. The number of halogens is 3. The molecule has 2 aliphatic rings. The number of nitrogens with zero attached hydrogens (tertiary/aromatic N) is 3. The monoisotopic (exact) mass is 503 g/mol. The number of esters is 1. The third kappa shape index (κ3) is 5.72. The molecule has 0 radical (unpaired) electrons. The van der Waals surface area contributed by atoms with Gasteiger partial charge >= 0.3 is 12.1 Å². The lowest BCUT2D eigenvalue weighted by atomic mass is 9.74. The fraction of sp³-hybridized carbons (Fsp3) is 0.519. The van der Waals surface area contributed by atoms with Gasteiger partial charge in [-0.3, -0.25) is 14.7 Å². The molecule has 36 heavy (non-hydrogen) atoms. The van der Waals surface area contributed by atoms with Gasteiger partial charge in [0.1, 0.15) is 12.5 Å². The van der Waals surface area contributed by atoms with E-state index in [9.17, 15) is 18.0 Å². The van der Waals surface area contributed by atoms with Crippen LogP contribution in [-0.4, -0.2) is 53.9 Å². The van der Waals surface area contributed by atoms with E-state index in [0.717, 1.165) is 32.0 Å². The Hall–Kier alpha value is -2.94. The average Bonchev–Trinajstić information content (AvgIpc) is 2.83. The summed E-state index contributed by atoms with van der Waals surface area (Å²) in [6, 6.07) is 6.97. The molecule has 1 fully saturated rings. The number of hydrogen-bond donors (Lipinski definition) is 0. The van der Waals surface area contributed by atoms with Crippen molar-refractivity contribution in [2.24, 2.45) is 10.9 Å². The van der Waals surface area contributed by atoms with E-state index in [-0.39, 0.29) is 24.2 Å². The Bertz CT molecular complexity index is 1110. The molecule has 2 unspecified atom stereocenters. The molecule has 0 bridgehead atoms. The van der Waals surface area contributed by atoms with Gasteiger partial charge in [-0.1, -0.05) is 24.6 Å². The maximum absolute atomic E-state index is 14.1. The van der Waals surface area contributed by atoms with Gasteiger partial charge in [-0.2, -0.15) is 13.2 Å². The second kappa shape index (κ2) is 11.0. The van der Waals surface area contributed by atoms with Gasteiger partial charge in [-0.15, -0.1) is 0 Å². The van der Waals surface area contributed by atoms with Crippen molar-refractivity contribution < 1.29 is 27.4 Å². The van der Waals surface area contributed by atoms with E-state index < -0.39 is 29.5 Å². The molecule has 2 atom stereocenters. The summed E-state index contributed by atoms with van der Waals surface area (Å²) >= 11 is 0. The van der Waals surface area contributed by atoms with Gasteiger partial charge in [0.15, 0.2) is 0 Å². The van der Waals surface area contributed by atoms with Crippen LogP contribution in [0.1, 0.15) is 62.6 Å². The van der Waals surface area contributed by atoms with Gasteiger partial charge in [0, 0.05) is 29.9 Å². The molecule has 6 nitrogen and oxygen atoms in total. The largest absolute Gasteiger partial charge is 0.475 e. The molecule has 3 heterocycles. The Balaban J connectivity index is 1.75. The zero-order valence-electron chi connectivity index (χ0n) is 20.8. The third-order valence-electron chi connectivity index (χ3n) is 6.62. The highest BCUT2D eigenvalue weighted by atomic mass is 19.4. The first-order valence-electron chi connectivity index (χ1n) is 12.4. The van der Waals surface area contributed by atoms with Gasteiger partial charge < -0.3 is 9.47 Å². The zero-order chi connectivity index (χ0) is 25.9. The predicted molar refractivity (Wildman–Crippen MR) is 131 cm³/mol. The lowest BCUT2D eigenvalue weighted by molar-refractivity contribution is -0.147. The Morgan fingerprint density at radius 1 is 1.14 bits per heavy atom. The number of ether oxygens (including phenoxy) is 2. The number of alkyl halides is 3. The number of rotatable bonds is 7. The Labute approximate surface area is 209 Å². The van der Waals surface area contributed by atoms with Crippen LogP contribution < -0.4 is 4.74 Å². The standard InChI is InChI=1S/C27H32F3N3O3/c1-17(2)36-25-24-21(11-12-31-25)32-18(3)22(26(34)35-16-15-33-13-7-4-8-14-33)23(24)19-9-5-6-10-20(19)27(28,29)30/h5-6,9-12,17,22-23H,4,7-8,13-16H2,1-3H3. The van der Waals surface area contributed by atoms with Crippen LogP contribution in [0.2, 0.25) is 0 Å². The molecule has 0 amide bonds. The summed E-state index contributed by atoms with van der Waals surface area (Å²) < 4.78 is 53.9. The normalized spacial score (nSPS) is 20.6. The number of benzene rings is 1. The Kier molecular flexibility index (Phi) is 7.97. The van der Waals surface area contributed by atoms with Gasteiger partial charge in [0.25, 0.3) is 0 Å². The fourth-order valence-electron chi connectivity index (χ4n) is 5.04. The van der Waals surface area contributed by atoms with Gasteiger partial charge in [-0.05, 0) is 64.4 Å². The summed E-state index contributed by atoms with van der Waals surface area (Å²) in [6.07, 6.45) is 0.0510. The molecular formula is C27H32F3N3O3. The first-order chi connectivity index (χ1) is 17.2. The minimum absolute atomic E-state index is 0.0277. The quantitative estimate of drug-likeness (QED) is 0.449. The lowest BCUT2D eigenvalue weighted by Gasteiger charge is -2.34. The maximum atomic E-state index is 14.1. The number of likely N-dealkylation sites (tertiary alicyclic amines) is 1. The maximum Gasteiger partial charge on any atom is 0.416 e. The van der Waals surface area contributed by atoms with E-state index in [2.05, 4.69) is 14.9 Å². The molecule has 2 aromatic rings. The molecule has 1 saturated heterocycles. The van der Waals surface area contributed by atoms with Crippen molar-refractivity contribution >= 4 is 17.4 Å². The molecule has 0 N–H and O–H groups in total. The van der Waals surface area contributed by atoms with E-state index in [0.29, 0.717) is 23.5 Å². The number of carbonyl (C=O) groups excluding carboxylic acids is 1. The highest BCUT2D eigenvalue weighted by Gasteiger charge is 2.45. The number of aromatic nitrogens is 1.